The number of rotatable bonds is 4. The molecule has 1 saturated carbocycles. The lowest BCUT2D eigenvalue weighted by Crippen LogP contribution is -2.31. The highest BCUT2D eigenvalue weighted by Gasteiger charge is 2.61. The molecule has 2 amide bonds. The highest BCUT2D eigenvalue weighted by Crippen LogP contribution is 2.61. The normalized spacial score (nSPS) is 26.4. The van der Waals surface area contributed by atoms with Gasteiger partial charge in [0.05, 0.1) is 0 Å². The van der Waals surface area contributed by atoms with Crippen molar-refractivity contribution in [3.63, 3.8) is 0 Å². The van der Waals surface area contributed by atoms with Crippen LogP contribution >= 0.6 is 15.9 Å². The van der Waals surface area contributed by atoms with Crippen LogP contribution in [-0.4, -0.2) is 18.4 Å². The lowest BCUT2D eigenvalue weighted by molar-refractivity contribution is -0.123. The molecule has 1 aromatic carbocycles. The summed E-state index contributed by atoms with van der Waals surface area (Å²) < 4.78 is 1.09. The van der Waals surface area contributed by atoms with Gasteiger partial charge >= 0.3 is 0 Å². The van der Waals surface area contributed by atoms with E-state index >= 15 is 0 Å². The minimum atomic E-state index is -0.383. The van der Waals surface area contributed by atoms with Gasteiger partial charge in [0.1, 0.15) is 0 Å². The molecule has 0 saturated heterocycles. The predicted octanol–water partition coefficient (Wildman–Crippen LogP) is 1.64. The molecule has 1 spiro atoms. The van der Waals surface area contributed by atoms with Crippen LogP contribution in [0, 0.1) is 5.92 Å². The number of primary amides is 1. The van der Waals surface area contributed by atoms with Crippen LogP contribution < -0.4 is 11.1 Å². The number of carbonyl (C=O) groups is 2. The molecule has 0 bridgehead atoms. The van der Waals surface area contributed by atoms with E-state index in [1.165, 1.54) is 11.1 Å². The van der Waals surface area contributed by atoms with Crippen molar-refractivity contribution in [2.24, 2.45) is 11.7 Å². The van der Waals surface area contributed by atoms with Gasteiger partial charge in [0.25, 0.3) is 0 Å². The third kappa shape index (κ3) is 2.24. The highest BCUT2D eigenvalue weighted by atomic mass is 79.9. The van der Waals surface area contributed by atoms with Gasteiger partial charge in [-0.15, -0.1) is 0 Å². The molecule has 0 aromatic heterocycles. The third-order valence-electron chi connectivity index (χ3n) is 4.51. The molecule has 0 unspecified atom stereocenters. The molecule has 1 fully saturated rings. The number of hydrogen-bond acceptors (Lipinski definition) is 2. The van der Waals surface area contributed by atoms with E-state index in [0.717, 1.165) is 23.7 Å². The van der Waals surface area contributed by atoms with Crippen molar-refractivity contribution in [3.05, 3.63) is 33.8 Å². The molecule has 0 heterocycles. The Morgan fingerprint density at radius 1 is 1.45 bits per heavy atom. The average Bonchev–Trinajstić information content (AvgIpc) is 3.01. The molecule has 0 radical (unpaired) electrons. The number of benzene rings is 1. The molecule has 3 rings (SSSR count). The first-order chi connectivity index (χ1) is 9.53. The van der Waals surface area contributed by atoms with Crippen LogP contribution in [0.2, 0.25) is 0 Å². The average molecular weight is 337 g/mol. The molecule has 4 nitrogen and oxygen atoms in total. The van der Waals surface area contributed by atoms with Crippen molar-refractivity contribution in [1.82, 2.24) is 5.32 Å². The quantitative estimate of drug-likeness (QED) is 0.877. The Morgan fingerprint density at radius 2 is 2.25 bits per heavy atom. The summed E-state index contributed by atoms with van der Waals surface area (Å²) in [5.41, 5.74) is 7.80. The number of carbonyl (C=O) groups excluding carboxylic acids is 2. The van der Waals surface area contributed by atoms with E-state index in [2.05, 4.69) is 33.4 Å². The molecule has 5 heteroatoms. The van der Waals surface area contributed by atoms with E-state index < -0.39 is 0 Å². The second-order valence-electron chi connectivity index (χ2n) is 5.72. The lowest BCUT2D eigenvalue weighted by Gasteiger charge is -2.11. The highest BCUT2D eigenvalue weighted by molar-refractivity contribution is 9.10. The van der Waals surface area contributed by atoms with Gasteiger partial charge in [0, 0.05) is 28.8 Å². The molecular formula is C15H17BrN2O2. The topological polar surface area (TPSA) is 72.2 Å². The number of nitrogens with two attached hydrogens (primary N) is 1. The Labute approximate surface area is 126 Å². The third-order valence-corrected chi connectivity index (χ3v) is 5.00. The van der Waals surface area contributed by atoms with Crippen LogP contribution in [0.25, 0.3) is 0 Å². The largest absolute Gasteiger partial charge is 0.370 e. The fraction of sp³-hybridized carbons (Fsp3) is 0.467. The number of halogens is 1. The standard InChI is InChI=1S/C15H17BrN2O2/c16-10-1-2-11-9(7-10)3-5-15(11)8-12(15)14(20)18-6-4-13(17)19/h1-2,7,12H,3-6,8H2,(H2,17,19)(H,18,20)/t12-,15+/m1/s1. The van der Waals surface area contributed by atoms with E-state index in [1.54, 1.807) is 0 Å². The summed E-state index contributed by atoms with van der Waals surface area (Å²) in [6.45, 7) is 0.341. The van der Waals surface area contributed by atoms with E-state index in [0.29, 0.717) is 6.54 Å². The maximum absolute atomic E-state index is 12.2. The van der Waals surface area contributed by atoms with Crippen LogP contribution in [0.3, 0.4) is 0 Å². The van der Waals surface area contributed by atoms with Crippen LogP contribution in [0.4, 0.5) is 0 Å². The van der Waals surface area contributed by atoms with Gasteiger partial charge in [-0.05, 0) is 42.5 Å². The van der Waals surface area contributed by atoms with Gasteiger partial charge in [0.15, 0.2) is 0 Å². The van der Waals surface area contributed by atoms with Crippen LogP contribution in [0.5, 0.6) is 0 Å². The SMILES string of the molecule is NC(=O)CCNC(=O)[C@H]1C[C@]12CCc1cc(Br)ccc12. The smallest absolute Gasteiger partial charge is 0.224 e. The van der Waals surface area contributed by atoms with E-state index in [-0.39, 0.29) is 29.6 Å². The van der Waals surface area contributed by atoms with Gasteiger partial charge in [-0.3, -0.25) is 9.59 Å². The molecular weight excluding hydrogens is 320 g/mol. The zero-order valence-electron chi connectivity index (χ0n) is 11.1. The van der Waals surface area contributed by atoms with E-state index in [9.17, 15) is 9.59 Å². The zero-order chi connectivity index (χ0) is 14.3. The van der Waals surface area contributed by atoms with E-state index in [1.807, 2.05) is 6.07 Å². The molecule has 20 heavy (non-hydrogen) atoms. The summed E-state index contributed by atoms with van der Waals surface area (Å²) in [5.74, 6) is -0.272. The molecule has 106 valence electrons. The van der Waals surface area contributed by atoms with Gasteiger partial charge in [-0.2, -0.15) is 0 Å². The first kappa shape index (κ1) is 13.6. The van der Waals surface area contributed by atoms with Crippen molar-refractivity contribution >= 4 is 27.7 Å². The van der Waals surface area contributed by atoms with Crippen molar-refractivity contribution in [2.75, 3.05) is 6.54 Å². The van der Waals surface area contributed by atoms with Crippen LogP contribution in [0.1, 0.15) is 30.4 Å². The fourth-order valence-electron chi connectivity index (χ4n) is 3.40. The van der Waals surface area contributed by atoms with Gasteiger partial charge in [-0.25, -0.2) is 0 Å². The summed E-state index contributed by atoms with van der Waals surface area (Å²) >= 11 is 3.49. The predicted molar refractivity (Wildman–Crippen MR) is 79.1 cm³/mol. The summed E-state index contributed by atoms with van der Waals surface area (Å²) in [6, 6.07) is 6.35. The first-order valence-corrected chi connectivity index (χ1v) is 7.67. The van der Waals surface area contributed by atoms with E-state index in [4.69, 9.17) is 5.73 Å². The lowest BCUT2D eigenvalue weighted by atomic mass is 9.95. The summed E-state index contributed by atoms with van der Waals surface area (Å²) in [5, 5.41) is 2.82. The second kappa shape index (κ2) is 4.88. The number of hydrogen-bond donors (Lipinski definition) is 2. The Balaban J connectivity index is 1.67. The number of aryl methyl sites for hydroxylation is 1. The molecule has 0 aliphatic heterocycles. The summed E-state index contributed by atoms with van der Waals surface area (Å²) in [7, 11) is 0. The minimum absolute atomic E-state index is 0.0485. The molecule has 3 N–H and O–H groups in total. The second-order valence-corrected chi connectivity index (χ2v) is 6.64. The minimum Gasteiger partial charge on any atom is -0.370 e. The van der Waals surface area contributed by atoms with Crippen molar-refractivity contribution in [1.29, 1.82) is 0 Å². The first-order valence-electron chi connectivity index (χ1n) is 6.88. The maximum atomic E-state index is 12.2. The van der Waals surface area contributed by atoms with Crippen molar-refractivity contribution in [2.45, 2.75) is 31.1 Å². The Morgan fingerprint density at radius 3 is 3.00 bits per heavy atom. The van der Waals surface area contributed by atoms with Crippen LogP contribution in [-0.2, 0) is 21.4 Å². The fourth-order valence-corrected chi connectivity index (χ4v) is 3.81. The Hall–Kier alpha value is -1.36. The van der Waals surface area contributed by atoms with Gasteiger partial charge in [0.2, 0.25) is 11.8 Å². The molecule has 2 aliphatic carbocycles. The Kier molecular flexibility index (Phi) is 3.32. The number of amides is 2. The van der Waals surface area contributed by atoms with Crippen molar-refractivity contribution < 1.29 is 9.59 Å². The monoisotopic (exact) mass is 336 g/mol. The summed E-state index contributed by atoms with van der Waals surface area (Å²) in [6.07, 6.45) is 3.21. The molecule has 2 atom stereocenters. The zero-order valence-corrected chi connectivity index (χ0v) is 12.7. The number of fused-ring (bicyclic) bond motifs is 2. The molecule has 1 aromatic rings. The summed E-state index contributed by atoms with van der Waals surface area (Å²) in [4.78, 5) is 22.8. The number of nitrogens with one attached hydrogen (secondary N) is 1. The van der Waals surface area contributed by atoms with Crippen molar-refractivity contribution in [3.8, 4) is 0 Å². The Bertz CT molecular complexity index is 587. The van der Waals surface area contributed by atoms with Gasteiger partial charge in [-0.1, -0.05) is 22.0 Å². The molecule has 2 aliphatic rings. The van der Waals surface area contributed by atoms with Crippen LogP contribution in [0.15, 0.2) is 22.7 Å². The van der Waals surface area contributed by atoms with Gasteiger partial charge < -0.3 is 11.1 Å². The maximum Gasteiger partial charge on any atom is 0.224 e.